The molecule has 2 aromatic rings. The molecule has 176 valence electrons. The number of hydrogen-bond donors (Lipinski definition) is 2. The molecule has 2 N–H and O–H groups in total. The van der Waals surface area contributed by atoms with Gasteiger partial charge in [-0.1, -0.05) is 0 Å². The lowest BCUT2D eigenvalue weighted by Crippen LogP contribution is -2.48. The number of piperidine rings is 1. The number of aliphatic carboxylic acids is 1. The van der Waals surface area contributed by atoms with Crippen LogP contribution < -0.4 is 5.32 Å². The Balaban J connectivity index is 0.000000360. The van der Waals surface area contributed by atoms with Crippen LogP contribution in [0, 0.1) is 6.92 Å². The molecule has 0 saturated carbocycles. The van der Waals surface area contributed by atoms with Gasteiger partial charge in [-0.2, -0.15) is 18.3 Å². The Labute approximate surface area is 183 Å². The Hall–Kier alpha value is -2.73. The Bertz CT molecular complexity index is 905. The summed E-state index contributed by atoms with van der Waals surface area (Å²) >= 11 is 0. The van der Waals surface area contributed by atoms with Crippen LogP contribution in [0.2, 0.25) is 0 Å². The second kappa shape index (κ2) is 9.82. The van der Waals surface area contributed by atoms with Gasteiger partial charge in [0, 0.05) is 32.4 Å². The van der Waals surface area contributed by atoms with Gasteiger partial charge in [-0.15, -0.1) is 5.10 Å². The standard InChI is InChI=1S/C18H26N6O.C2HF3O2/c1-14-4-5-16(22-21-14)20-15-10-18(25-12-15)6-3-8-24(13-18)11-17-19-7-9-23(17)2;3-2(4,5)1(6)7/h4-5,7,9,15H,3,6,8,10-13H2,1-2H3,(H,20,22);(H,6,7). The molecule has 4 heterocycles. The lowest BCUT2D eigenvalue weighted by atomic mass is 9.88. The molecule has 2 aliphatic heterocycles. The predicted octanol–water partition coefficient (Wildman–Crippen LogP) is 2.39. The van der Waals surface area contributed by atoms with Gasteiger partial charge in [0.25, 0.3) is 0 Å². The van der Waals surface area contributed by atoms with Gasteiger partial charge in [0.2, 0.25) is 0 Å². The second-order valence-corrected chi connectivity index (χ2v) is 8.17. The van der Waals surface area contributed by atoms with Crippen molar-refractivity contribution in [3.63, 3.8) is 0 Å². The number of carboxylic acid groups (broad SMARTS) is 1. The van der Waals surface area contributed by atoms with Crippen LogP contribution in [0.1, 0.15) is 30.8 Å². The third-order valence-corrected chi connectivity index (χ3v) is 5.51. The van der Waals surface area contributed by atoms with E-state index in [1.54, 1.807) is 0 Å². The number of hydrogen-bond acceptors (Lipinski definition) is 7. The van der Waals surface area contributed by atoms with E-state index in [1.807, 2.05) is 31.5 Å². The van der Waals surface area contributed by atoms with Crippen molar-refractivity contribution < 1.29 is 27.8 Å². The van der Waals surface area contributed by atoms with Crippen molar-refractivity contribution in [2.75, 3.05) is 25.0 Å². The van der Waals surface area contributed by atoms with Gasteiger partial charge >= 0.3 is 12.1 Å². The minimum atomic E-state index is -5.08. The van der Waals surface area contributed by atoms with Gasteiger partial charge in [0.05, 0.1) is 30.5 Å². The fourth-order valence-corrected chi connectivity index (χ4v) is 3.98. The quantitative estimate of drug-likeness (QED) is 0.723. The molecule has 32 heavy (non-hydrogen) atoms. The zero-order chi connectivity index (χ0) is 23.4. The van der Waals surface area contributed by atoms with Crippen molar-refractivity contribution in [1.82, 2.24) is 24.6 Å². The Kier molecular flexibility index (Phi) is 7.34. The number of carboxylic acids is 1. The van der Waals surface area contributed by atoms with Crippen LogP contribution in [0.25, 0.3) is 0 Å². The third kappa shape index (κ3) is 6.39. The van der Waals surface area contributed by atoms with Gasteiger partial charge in [-0.3, -0.25) is 4.90 Å². The van der Waals surface area contributed by atoms with E-state index in [4.69, 9.17) is 14.6 Å². The molecule has 12 heteroatoms. The number of aryl methyl sites for hydroxylation is 2. The zero-order valence-electron chi connectivity index (χ0n) is 18.0. The van der Waals surface area contributed by atoms with Crippen molar-refractivity contribution in [3.05, 3.63) is 36.0 Å². The highest BCUT2D eigenvalue weighted by atomic mass is 19.4. The molecular formula is C20H27F3N6O3. The first kappa shape index (κ1) is 23.9. The van der Waals surface area contributed by atoms with Gasteiger partial charge in [-0.25, -0.2) is 9.78 Å². The second-order valence-electron chi connectivity index (χ2n) is 8.17. The molecule has 0 amide bonds. The summed E-state index contributed by atoms with van der Waals surface area (Å²) in [5.41, 5.74) is 0.890. The molecule has 2 aliphatic rings. The number of nitrogens with zero attached hydrogens (tertiary/aromatic N) is 5. The number of alkyl halides is 3. The van der Waals surface area contributed by atoms with Gasteiger partial charge in [0.15, 0.2) is 0 Å². The minimum absolute atomic E-state index is 0.0425. The summed E-state index contributed by atoms with van der Waals surface area (Å²) in [6.45, 7) is 5.64. The SMILES string of the molecule is Cc1ccc(NC2COC3(CCCN(Cc4nccn4C)C3)C2)nn1.O=C(O)C(F)(F)F. The normalized spacial score (nSPS) is 23.6. The van der Waals surface area contributed by atoms with Gasteiger partial charge in [0.1, 0.15) is 11.6 Å². The van der Waals surface area contributed by atoms with Crippen LogP contribution in [-0.4, -0.2) is 73.2 Å². The molecule has 0 radical (unpaired) electrons. The third-order valence-electron chi connectivity index (χ3n) is 5.51. The molecule has 1 spiro atoms. The predicted molar refractivity (Wildman–Crippen MR) is 109 cm³/mol. The number of halogens is 3. The van der Waals surface area contributed by atoms with Gasteiger partial charge in [-0.05, 0) is 38.4 Å². The Morgan fingerprint density at radius 1 is 1.38 bits per heavy atom. The maximum atomic E-state index is 10.6. The average molecular weight is 456 g/mol. The lowest BCUT2D eigenvalue weighted by Gasteiger charge is -2.39. The zero-order valence-corrected chi connectivity index (χ0v) is 18.0. The van der Waals surface area contributed by atoms with Crippen molar-refractivity contribution >= 4 is 11.8 Å². The fourth-order valence-electron chi connectivity index (χ4n) is 3.98. The summed E-state index contributed by atoms with van der Waals surface area (Å²) in [5, 5.41) is 18.9. The Morgan fingerprint density at radius 2 is 2.12 bits per heavy atom. The summed E-state index contributed by atoms with van der Waals surface area (Å²) in [6.07, 6.45) is 2.09. The van der Waals surface area contributed by atoms with Crippen LogP contribution in [0.15, 0.2) is 24.5 Å². The van der Waals surface area contributed by atoms with E-state index < -0.39 is 12.1 Å². The summed E-state index contributed by atoms with van der Waals surface area (Å²) in [4.78, 5) is 15.8. The number of nitrogens with one attached hydrogen (secondary N) is 1. The summed E-state index contributed by atoms with van der Waals surface area (Å²) in [7, 11) is 2.05. The van der Waals surface area contributed by atoms with Crippen LogP contribution in [-0.2, 0) is 23.1 Å². The maximum Gasteiger partial charge on any atom is 0.490 e. The lowest BCUT2D eigenvalue weighted by molar-refractivity contribution is -0.192. The highest BCUT2D eigenvalue weighted by Crippen LogP contribution is 2.36. The van der Waals surface area contributed by atoms with Crippen LogP contribution >= 0.6 is 0 Å². The van der Waals surface area contributed by atoms with Crippen molar-refractivity contribution in [3.8, 4) is 0 Å². The topological polar surface area (TPSA) is 105 Å². The number of likely N-dealkylation sites (tertiary alicyclic amines) is 1. The van der Waals surface area contributed by atoms with Crippen molar-refractivity contribution in [2.24, 2.45) is 7.05 Å². The molecule has 2 saturated heterocycles. The largest absolute Gasteiger partial charge is 0.490 e. The molecule has 2 unspecified atom stereocenters. The van der Waals surface area contributed by atoms with Crippen LogP contribution in [0.4, 0.5) is 19.0 Å². The monoisotopic (exact) mass is 456 g/mol. The smallest absolute Gasteiger partial charge is 0.475 e. The van der Waals surface area contributed by atoms with E-state index in [0.717, 1.165) is 56.4 Å². The number of ether oxygens (including phenoxy) is 1. The molecular weight excluding hydrogens is 429 g/mol. The molecule has 2 aromatic heterocycles. The number of rotatable bonds is 4. The van der Waals surface area contributed by atoms with Crippen LogP contribution in [0.5, 0.6) is 0 Å². The molecule has 2 atom stereocenters. The minimum Gasteiger partial charge on any atom is -0.475 e. The summed E-state index contributed by atoms with van der Waals surface area (Å²) < 4.78 is 40.1. The summed E-state index contributed by atoms with van der Waals surface area (Å²) in [6, 6.07) is 4.27. The van der Waals surface area contributed by atoms with E-state index in [9.17, 15) is 13.2 Å². The number of imidazole rings is 1. The maximum absolute atomic E-state index is 10.6. The first-order valence-electron chi connectivity index (χ1n) is 10.3. The van der Waals surface area contributed by atoms with Crippen molar-refractivity contribution in [2.45, 2.75) is 50.6 Å². The van der Waals surface area contributed by atoms with E-state index in [1.165, 1.54) is 6.42 Å². The first-order valence-corrected chi connectivity index (χ1v) is 10.3. The van der Waals surface area contributed by atoms with Gasteiger partial charge < -0.3 is 19.7 Å². The Morgan fingerprint density at radius 3 is 2.72 bits per heavy atom. The molecule has 0 aliphatic carbocycles. The van der Waals surface area contributed by atoms with Crippen LogP contribution in [0.3, 0.4) is 0 Å². The summed E-state index contributed by atoms with van der Waals surface area (Å²) in [5.74, 6) is -0.816. The van der Waals surface area contributed by atoms with E-state index in [2.05, 4.69) is 37.0 Å². The van der Waals surface area contributed by atoms with Crippen molar-refractivity contribution in [1.29, 1.82) is 0 Å². The number of anilines is 1. The molecule has 2 fully saturated rings. The highest BCUT2D eigenvalue weighted by molar-refractivity contribution is 5.73. The van der Waals surface area contributed by atoms with E-state index >= 15 is 0 Å². The molecule has 9 nitrogen and oxygen atoms in total. The number of aromatic nitrogens is 4. The highest BCUT2D eigenvalue weighted by Gasteiger charge is 2.43. The molecule has 4 rings (SSSR count). The van der Waals surface area contributed by atoms with E-state index in [0.29, 0.717) is 6.04 Å². The number of carbonyl (C=O) groups is 1. The first-order chi connectivity index (χ1) is 15.1. The molecule has 0 bridgehead atoms. The fraction of sp³-hybridized carbons (Fsp3) is 0.600. The molecule has 0 aromatic carbocycles. The average Bonchev–Trinajstić information content (AvgIpc) is 3.30. The van der Waals surface area contributed by atoms with E-state index in [-0.39, 0.29) is 5.60 Å².